The number of alkyl halides is 1. The van der Waals surface area contributed by atoms with Gasteiger partial charge in [0.15, 0.2) is 0 Å². The topological polar surface area (TPSA) is 43.1 Å². The minimum Gasteiger partial charge on any atom is -0.258 e. The first-order valence-electron chi connectivity index (χ1n) is 5.55. The van der Waals surface area contributed by atoms with E-state index in [2.05, 4.69) is 15.9 Å². The van der Waals surface area contributed by atoms with Gasteiger partial charge in [0.05, 0.1) is 4.92 Å². The molecule has 0 aromatic heterocycles. The fourth-order valence-electron chi connectivity index (χ4n) is 1.89. The number of para-hydroxylation sites is 1. The van der Waals surface area contributed by atoms with E-state index in [4.69, 9.17) is 0 Å². The fraction of sp³-hybridized carbons (Fsp3) is 0.500. The molecule has 0 heterocycles. The molecule has 1 saturated carbocycles. The highest BCUT2D eigenvalue weighted by molar-refractivity contribution is 9.09. The second-order valence-electron chi connectivity index (χ2n) is 4.28. The highest BCUT2D eigenvalue weighted by Gasteiger charge is 2.29. The lowest BCUT2D eigenvalue weighted by Crippen LogP contribution is -2.04. The van der Waals surface area contributed by atoms with Crippen LogP contribution >= 0.6 is 15.9 Å². The van der Waals surface area contributed by atoms with E-state index in [1.165, 1.54) is 12.8 Å². The Balaban J connectivity index is 1.99. The number of rotatable bonds is 5. The summed E-state index contributed by atoms with van der Waals surface area (Å²) < 4.78 is 0. The van der Waals surface area contributed by atoms with Gasteiger partial charge in [-0.1, -0.05) is 34.1 Å². The van der Waals surface area contributed by atoms with Crippen molar-refractivity contribution in [2.45, 2.75) is 30.5 Å². The third-order valence-corrected chi connectivity index (χ3v) is 4.22. The Labute approximate surface area is 103 Å². The highest BCUT2D eigenvalue weighted by atomic mass is 79.9. The highest BCUT2D eigenvalue weighted by Crippen LogP contribution is 2.38. The molecule has 0 bridgehead atoms. The van der Waals surface area contributed by atoms with E-state index >= 15 is 0 Å². The zero-order chi connectivity index (χ0) is 11.5. The van der Waals surface area contributed by atoms with E-state index in [1.807, 2.05) is 12.1 Å². The third-order valence-electron chi connectivity index (χ3n) is 3.01. The van der Waals surface area contributed by atoms with Gasteiger partial charge < -0.3 is 0 Å². The normalized spacial score (nSPS) is 17.1. The van der Waals surface area contributed by atoms with Gasteiger partial charge >= 0.3 is 0 Å². The SMILES string of the molecule is O=[N+]([O-])c1ccccc1CCC(Br)C1CC1. The van der Waals surface area contributed by atoms with E-state index in [0.717, 1.165) is 24.3 Å². The molecular weight excluding hydrogens is 270 g/mol. The van der Waals surface area contributed by atoms with E-state index in [0.29, 0.717) is 4.83 Å². The number of hydrogen-bond acceptors (Lipinski definition) is 2. The maximum Gasteiger partial charge on any atom is 0.272 e. The molecule has 1 aromatic carbocycles. The first kappa shape index (κ1) is 11.6. The summed E-state index contributed by atoms with van der Waals surface area (Å²) in [7, 11) is 0. The molecule has 0 N–H and O–H groups in total. The van der Waals surface area contributed by atoms with E-state index in [1.54, 1.807) is 12.1 Å². The van der Waals surface area contributed by atoms with Gasteiger partial charge in [-0.15, -0.1) is 0 Å². The summed E-state index contributed by atoms with van der Waals surface area (Å²) in [5.74, 6) is 0.794. The minimum absolute atomic E-state index is 0.248. The van der Waals surface area contributed by atoms with E-state index in [9.17, 15) is 10.1 Å². The van der Waals surface area contributed by atoms with Crippen molar-refractivity contribution in [1.82, 2.24) is 0 Å². The molecule has 1 atom stereocenters. The molecule has 0 radical (unpaired) electrons. The fourth-order valence-corrected chi connectivity index (χ4v) is 2.64. The summed E-state index contributed by atoms with van der Waals surface area (Å²) >= 11 is 3.65. The molecule has 0 amide bonds. The van der Waals surface area contributed by atoms with Crippen LogP contribution in [0, 0.1) is 16.0 Å². The van der Waals surface area contributed by atoms with Gasteiger partial charge in [-0.05, 0) is 31.6 Å². The number of nitrogens with zero attached hydrogens (tertiary/aromatic N) is 1. The molecule has 86 valence electrons. The molecule has 0 aliphatic heterocycles. The Bertz CT molecular complexity index is 390. The van der Waals surface area contributed by atoms with Crippen molar-refractivity contribution < 1.29 is 4.92 Å². The molecule has 16 heavy (non-hydrogen) atoms. The molecule has 4 heteroatoms. The lowest BCUT2D eigenvalue weighted by molar-refractivity contribution is -0.385. The van der Waals surface area contributed by atoms with Crippen LogP contribution in [-0.4, -0.2) is 9.75 Å². The second kappa shape index (κ2) is 4.95. The van der Waals surface area contributed by atoms with Crippen molar-refractivity contribution >= 4 is 21.6 Å². The largest absolute Gasteiger partial charge is 0.272 e. The van der Waals surface area contributed by atoms with Gasteiger partial charge in [0.1, 0.15) is 0 Å². The molecule has 0 saturated heterocycles. The number of benzene rings is 1. The maximum absolute atomic E-state index is 10.8. The van der Waals surface area contributed by atoms with Crippen molar-refractivity contribution in [3.05, 3.63) is 39.9 Å². The number of nitro groups is 1. The molecule has 0 spiro atoms. The summed E-state index contributed by atoms with van der Waals surface area (Å²) in [6.07, 6.45) is 4.36. The van der Waals surface area contributed by atoms with Gasteiger partial charge in [-0.3, -0.25) is 10.1 Å². The average molecular weight is 284 g/mol. The second-order valence-corrected chi connectivity index (χ2v) is 5.45. The van der Waals surface area contributed by atoms with Crippen LogP contribution < -0.4 is 0 Å². The van der Waals surface area contributed by atoms with Gasteiger partial charge in [0.2, 0.25) is 0 Å². The first-order valence-corrected chi connectivity index (χ1v) is 6.46. The van der Waals surface area contributed by atoms with Gasteiger partial charge in [-0.25, -0.2) is 0 Å². The van der Waals surface area contributed by atoms with Crippen molar-refractivity contribution in [2.75, 3.05) is 0 Å². The van der Waals surface area contributed by atoms with Crippen LogP contribution in [0.3, 0.4) is 0 Å². The van der Waals surface area contributed by atoms with Crippen LogP contribution in [0.4, 0.5) is 5.69 Å². The number of hydrogen-bond donors (Lipinski definition) is 0. The van der Waals surface area contributed by atoms with Crippen LogP contribution in [0.2, 0.25) is 0 Å². The predicted molar refractivity (Wildman–Crippen MR) is 66.9 cm³/mol. The summed E-state index contributed by atoms with van der Waals surface area (Å²) in [6, 6.07) is 7.01. The monoisotopic (exact) mass is 283 g/mol. The van der Waals surface area contributed by atoms with Crippen LogP contribution in [0.1, 0.15) is 24.8 Å². The maximum atomic E-state index is 10.8. The number of aryl methyl sites for hydroxylation is 1. The Morgan fingerprint density at radius 2 is 2.12 bits per heavy atom. The van der Waals surface area contributed by atoms with Gasteiger partial charge in [-0.2, -0.15) is 0 Å². The Kier molecular flexibility index (Phi) is 3.59. The summed E-state index contributed by atoms with van der Waals surface area (Å²) in [4.78, 5) is 11.0. The zero-order valence-electron chi connectivity index (χ0n) is 8.93. The van der Waals surface area contributed by atoms with Crippen molar-refractivity contribution in [3.8, 4) is 0 Å². The standard InChI is InChI=1S/C12H14BrNO2/c13-11(9-5-6-9)8-7-10-3-1-2-4-12(10)14(15)16/h1-4,9,11H,5-8H2. The van der Waals surface area contributed by atoms with E-state index < -0.39 is 0 Å². The van der Waals surface area contributed by atoms with Crippen molar-refractivity contribution in [3.63, 3.8) is 0 Å². The van der Waals surface area contributed by atoms with Crippen LogP contribution in [0.5, 0.6) is 0 Å². The molecule has 1 aliphatic carbocycles. The van der Waals surface area contributed by atoms with Crippen LogP contribution in [0.15, 0.2) is 24.3 Å². The van der Waals surface area contributed by atoms with Gasteiger partial charge in [0, 0.05) is 16.5 Å². The third kappa shape index (κ3) is 2.82. The van der Waals surface area contributed by atoms with Crippen molar-refractivity contribution in [1.29, 1.82) is 0 Å². The quantitative estimate of drug-likeness (QED) is 0.470. The molecular formula is C12H14BrNO2. The van der Waals surface area contributed by atoms with Gasteiger partial charge in [0.25, 0.3) is 5.69 Å². The predicted octanol–water partition coefficient (Wildman–Crippen LogP) is 3.70. The minimum atomic E-state index is -0.296. The molecule has 1 fully saturated rings. The van der Waals surface area contributed by atoms with Crippen LogP contribution in [-0.2, 0) is 6.42 Å². The Morgan fingerprint density at radius 3 is 2.75 bits per heavy atom. The summed E-state index contributed by atoms with van der Waals surface area (Å²) in [6.45, 7) is 0. The number of nitro benzene ring substituents is 1. The van der Waals surface area contributed by atoms with Crippen molar-refractivity contribution in [2.24, 2.45) is 5.92 Å². The van der Waals surface area contributed by atoms with Crippen LogP contribution in [0.25, 0.3) is 0 Å². The Morgan fingerprint density at radius 1 is 1.44 bits per heavy atom. The first-order chi connectivity index (χ1) is 7.68. The van der Waals surface area contributed by atoms with E-state index in [-0.39, 0.29) is 10.6 Å². The molecule has 1 aromatic rings. The Hall–Kier alpha value is -0.900. The molecule has 2 rings (SSSR count). The summed E-state index contributed by atoms with van der Waals surface area (Å²) in [5, 5.41) is 10.8. The average Bonchev–Trinajstić information content (AvgIpc) is 3.10. The molecule has 3 nitrogen and oxygen atoms in total. The lowest BCUT2D eigenvalue weighted by atomic mass is 10.0. The number of halogens is 1. The zero-order valence-corrected chi connectivity index (χ0v) is 10.5. The molecule has 1 unspecified atom stereocenters. The smallest absolute Gasteiger partial charge is 0.258 e. The molecule has 1 aliphatic rings. The summed E-state index contributed by atoms with van der Waals surface area (Å²) in [5.41, 5.74) is 1.09. The lowest BCUT2D eigenvalue weighted by Gasteiger charge is -2.07.